The number of aliphatic carboxylic acids is 1. The molecule has 2 heterocycles. The standard InChI is InChI=1S/C19H28N2O2/c1-2-3-9-20-10-7-17(8-11-20)21-12-6-16-13-15(14-19(22)23)4-5-18(16)21/h4-5,13,17H,2-3,6-12,14H2,1H3,(H,22,23). The minimum absolute atomic E-state index is 0.128. The van der Waals surface area contributed by atoms with E-state index in [0.29, 0.717) is 6.04 Å². The molecule has 0 amide bonds. The van der Waals surface area contributed by atoms with Crippen LogP contribution in [0.5, 0.6) is 0 Å². The Labute approximate surface area is 139 Å². The smallest absolute Gasteiger partial charge is 0.307 e. The van der Waals surface area contributed by atoms with Crippen LogP contribution in [0.15, 0.2) is 18.2 Å². The number of carbonyl (C=O) groups is 1. The Morgan fingerprint density at radius 1 is 1.26 bits per heavy atom. The Morgan fingerprint density at radius 2 is 2.04 bits per heavy atom. The molecule has 0 aliphatic carbocycles. The predicted molar refractivity (Wildman–Crippen MR) is 93.2 cm³/mol. The molecule has 1 fully saturated rings. The lowest BCUT2D eigenvalue weighted by atomic mass is 10.0. The van der Waals surface area contributed by atoms with Crippen molar-refractivity contribution in [2.45, 2.75) is 51.5 Å². The molecule has 23 heavy (non-hydrogen) atoms. The molecule has 0 atom stereocenters. The summed E-state index contributed by atoms with van der Waals surface area (Å²) in [5.41, 5.74) is 3.59. The van der Waals surface area contributed by atoms with E-state index in [-0.39, 0.29) is 6.42 Å². The van der Waals surface area contributed by atoms with E-state index in [1.165, 1.54) is 56.6 Å². The lowest BCUT2D eigenvalue weighted by Crippen LogP contribution is -2.44. The van der Waals surface area contributed by atoms with Crippen LogP contribution in [0.25, 0.3) is 0 Å². The number of benzene rings is 1. The van der Waals surface area contributed by atoms with Gasteiger partial charge in [0.15, 0.2) is 0 Å². The van der Waals surface area contributed by atoms with Gasteiger partial charge in [0.05, 0.1) is 6.42 Å². The first-order valence-electron chi connectivity index (χ1n) is 9.00. The number of hydrogen-bond donors (Lipinski definition) is 1. The molecule has 0 bridgehead atoms. The molecule has 1 N–H and O–H groups in total. The first kappa shape index (κ1) is 16.3. The second kappa shape index (κ2) is 7.35. The average molecular weight is 316 g/mol. The molecule has 0 unspecified atom stereocenters. The maximum absolute atomic E-state index is 10.9. The fourth-order valence-electron chi connectivity index (χ4n) is 3.98. The van der Waals surface area contributed by atoms with Crippen molar-refractivity contribution in [3.05, 3.63) is 29.3 Å². The monoisotopic (exact) mass is 316 g/mol. The molecule has 2 aliphatic heterocycles. The number of piperidine rings is 1. The zero-order valence-corrected chi connectivity index (χ0v) is 14.1. The van der Waals surface area contributed by atoms with Gasteiger partial charge in [0.25, 0.3) is 0 Å². The van der Waals surface area contributed by atoms with Crippen molar-refractivity contribution in [3.8, 4) is 0 Å². The Hall–Kier alpha value is -1.55. The molecular weight excluding hydrogens is 288 g/mol. The molecule has 4 heteroatoms. The number of unbranched alkanes of at least 4 members (excludes halogenated alkanes) is 1. The Balaban J connectivity index is 1.61. The summed E-state index contributed by atoms with van der Waals surface area (Å²) >= 11 is 0. The summed E-state index contributed by atoms with van der Waals surface area (Å²) in [5.74, 6) is -0.751. The first-order chi connectivity index (χ1) is 11.2. The Morgan fingerprint density at radius 3 is 2.74 bits per heavy atom. The molecule has 0 spiro atoms. The van der Waals surface area contributed by atoms with Crippen molar-refractivity contribution in [2.24, 2.45) is 0 Å². The summed E-state index contributed by atoms with van der Waals surface area (Å²) in [5, 5.41) is 8.94. The molecule has 2 aliphatic rings. The van der Waals surface area contributed by atoms with Crippen LogP contribution < -0.4 is 4.90 Å². The van der Waals surface area contributed by atoms with Gasteiger partial charge in [0.2, 0.25) is 0 Å². The van der Waals surface area contributed by atoms with Gasteiger partial charge in [-0.3, -0.25) is 4.79 Å². The average Bonchev–Trinajstić information content (AvgIpc) is 2.96. The maximum atomic E-state index is 10.9. The molecule has 126 valence electrons. The van der Waals surface area contributed by atoms with Crippen LogP contribution >= 0.6 is 0 Å². The van der Waals surface area contributed by atoms with E-state index in [0.717, 1.165) is 18.5 Å². The van der Waals surface area contributed by atoms with Crippen LogP contribution in [0, 0.1) is 0 Å². The first-order valence-corrected chi connectivity index (χ1v) is 9.00. The van der Waals surface area contributed by atoms with Crippen LogP contribution in [0.1, 0.15) is 43.7 Å². The van der Waals surface area contributed by atoms with E-state index >= 15 is 0 Å². The second-order valence-corrected chi connectivity index (χ2v) is 6.90. The highest BCUT2D eigenvalue weighted by molar-refractivity contribution is 5.71. The van der Waals surface area contributed by atoms with E-state index in [9.17, 15) is 4.79 Å². The highest BCUT2D eigenvalue weighted by Crippen LogP contribution is 2.33. The maximum Gasteiger partial charge on any atom is 0.307 e. The van der Waals surface area contributed by atoms with Gasteiger partial charge in [-0.1, -0.05) is 25.5 Å². The molecule has 3 rings (SSSR count). The summed E-state index contributed by atoms with van der Waals surface area (Å²) in [6.07, 6.45) is 6.27. The third kappa shape index (κ3) is 3.86. The largest absolute Gasteiger partial charge is 0.481 e. The number of nitrogens with zero attached hydrogens (tertiary/aromatic N) is 2. The minimum Gasteiger partial charge on any atom is -0.481 e. The topological polar surface area (TPSA) is 43.8 Å². The van der Waals surface area contributed by atoms with Crippen LogP contribution in [0.3, 0.4) is 0 Å². The van der Waals surface area contributed by atoms with Crippen molar-refractivity contribution >= 4 is 11.7 Å². The quantitative estimate of drug-likeness (QED) is 0.876. The van der Waals surface area contributed by atoms with Gasteiger partial charge >= 0.3 is 5.97 Å². The molecule has 1 aromatic carbocycles. The van der Waals surface area contributed by atoms with Gasteiger partial charge in [-0.2, -0.15) is 0 Å². The number of hydrogen-bond acceptors (Lipinski definition) is 3. The Bertz CT molecular complexity index is 550. The van der Waals surface area contributed by atoms with Crippen molar-refractivity contribution in [3.63, 3.8) is 0 Å². The summed E-state index contributed by atoms with van der Waals surface area (Å²) in [6.45, 7) is 7.03. The van der Waals surface area contributed by atoms with Crippen LogP contribution in [-0.4, -0.2) is 48.2 Å². The number of anilines is 1. The normalized spacial score (nSPS) is 19.1. The lowest BCUT2D eigenvalue weighted by Gasteiger charge is -2.38. The van der Waals surface area contributed by atoms with Gasteiger partial charge in [-0.15, -0.1) is 0 Å². The highest BCUT2D eigenvalue weighted by atomic mass is 16.4. The number of likely N-dealkylation sites (tertiary alicyclic amines) is 1. The highest BCUT2D eigenvalue weighted by Gasteiger charge is 2.29. The number of carboxylic acids is 1. The van der Waals surface area contributed by atoms with Crippen LogP contribution in [0.4, 0.5) is 5.69 Å². The van der Waals surface area contributed by atoms with Gasteiger partial charge in [0.1, 0.15) is 0 Å². The van der Waals surface area contributed by atoms with Crippen molar-refractivity contribution < 1.29 is 9.90 Å². The summed E-state index contributed by atoms with van der Waals surface area (Å²) < 4.78 is 0. The van der Waals surface area contributed by atoms with E-state index in [1.54, 1.807) is 0 Å². The molecule has 0 aromatic heterocycles. The van der Waals surface area contributed by atoms with Crippen molar-refractivity contribution in [2.75, 3.05) is 31.1 Å². The number of fused-ring (bicyclic) bond motifs is 1. The van der Waals surface area contributed by atoms with Gasteiger partial charge < -0.3 is 14.9 Å². The molecule has 1 saturated heterocycles. The fourth-order valence-corrected chi connectivity index (χ4v) is 3.98. The van der Waals surface area contributed by atoms with Gasteiger partial charge in [-0.05, 0) is 49.4 Å². The van der Waals surface area contributed by atoms with Gasteiger partial charge in [0, 0.05) is 31.4 Å². The summed E-state index contributed by atoms with van der Waals surface area (Å²) in [6, 6.07) is 6.88. The summed E-state index contributed by atoms with van der Waals surface area (Å²) in [4.78, 5) is 16.0. The molecule has 0 radical (unpaired) electrons. The number of carboxylic acid groups (broad SMARTS) is 1. The molecule has 0 saturated carbocycles. The van der Waals surface area contributed by atoms with Crippen LogP contribution in [0.2, 0.25) is 0 Å². The van der Waals surface area contributed by atoms with E-state index in [2.05, 4.69) is 28.9 Å². The Kier molecular flexibility index (Phi) is 5.21. The van der Waals surface area contributed by atoms with Gasteiger partial charge in [-0.25, -0.2) is 0 Å². The summed E-state index contributed by atoms with van der Waals surface area (Å²) in [7, 11) is 0. The zero-order chi connectivity index (χ0) is 16.2. The molecular formula is C19H28N2O2. The third-order valence-corrected chi connectivity index (χ3v) is 5.26. The SMILES string of the molecule is CCCCN1CCC(N2CCc3cc(CC(=O)O)ccc32)CC1. The lowest BCUT2D eigenvalue weighted by molar-refractivity contribution is -0.136. The van der Waals surface area contributed by atoms with E-state index < -0.39 is 5.97 Å². The van der Waals surface area contributed by atoms with E-state index in [1.807, 2.05) is 6.07 Å². The van der Waals surface area contributed by atoms with E-state index in [4.69, 9.17) is 5.11 Å². The third-order valence-electron chi connectivity index (χ3n) is 5.26. The second-order valence-electron chi connectivity index (χ2n) is 6.90. The van der Waals surface area contributed by atoms with Crippen molar-refractivity contribution in [1.82, 2.24) is 4.90 Å². The fraction of sp³-hybridized carbons (Fsp3) is 0.632. The molecule has 1 aromatic rings. The number of rotatable bonds is 6. The predicted octanol–water partition coefficient (Wildman–Crippen LogP) is 2.94. The zero-order valence-electron chi connectivity index (χ0n) is 14.1. The van der Waals surface area contributed by atoms with Crippen molar-refractivity contribution in [1.29, 1.82) is 0 Å². The molecule has 4 nitrogen and oxygen atoms in total. The minimum atomic E-state index is -0.751. The van der Waals surface area contributed by atoms with Crippen LogP contribution in [-0.2, 0) is 17.6 Å².